The summed E-state index contributed by atoms with van der Waals surface area (Å²) in [5.74, 6) is 0.396. The second kappa shape index (κ2) is 7.95. The molecule has 0 spiro atoms. The van der Waals surface area contributed by atoms with Crippen LogP contribution in [0.3, 0.4) is 0 Å². The van der Waals surface area contributed by atoms with E-state index in [9.17, 15) is 4.79 Å². The van der Waals surface area contributed by atoms with Crippen LogP contribution in [0.15, 0.2) is 18.2 Å². The summed E-state index contributed by atoms with van der Waals surface area (Å²) < 4.78 is 9.98. The summed E-state index contributed by atoms with van der Waals surface area (Å²) in [4.78, 5) is 11.5. The van der Waals surface area contributed by atoms with E-state index in [-0.39, 0.29) is 12.5 Å². The molecule has 102 valence electrons. The van der Waals surface area contributed by atoms with Gasteiger partial charge in [0.1, 0.15) is 5.75 Å². The predicted molar refractivity (Wildman–Crippen MR) is 71.1 cm³/mol. The van der Waals surface area contributed by atoms with Gasteiger partial charge in [0.05, 0.1) is 37.6 Å². The number of carbonyl (C=O) groups is 1. The van der Waals surface area contributed by atoms with Crippen LogP contribution in [0.4, 0.5) is 5.69 Å². The molecule has 0 saturated heterocycles. The molecule has 0 aliphatic rings. The molecule has 1 aromatic rings. The average molecular weight is 263 g/mol. The maximum Gasteiger partial charge on any atom is 0.239 e. The van der Waals surface area contributed by atoms with Crippen molar-refractivity contribution < 1.29 is 14.3 Å². The topological polar surface area (TPSA) is 83.4 Å². The van der Waals surface area contributed by atoms with E-state index >= 15 is 0 Å². The molecular weight excluding hydrogens is 246 g/mol. The van der Waals surface area contributed by atoms with Crippen LogP contribution >= 0.6 is 0 Å². The number of nitrogens with one attached hydrogen (secondary N) is 2. The van der Waals surface area contributed by atoms with Gasteiger partial charge < -0.3 is 20.1 Å². The number of carbonyl (C=O) groups excluding carboxylic acids is 1. The van der Waals surface area contributed by atoms with E-state index < -0.39 is 0 Å². The van der Waals surface area contributed by atoms with Crippen molar-refractivity contribution in [3.05, 3.63) is 23.8 Å². The molecular formula is C13H17N3O3. The maximum atomic E-state index is 11.5. The molecule has 0 bridgehead atoms. The summed E-state index contributed by atoms with van der Waals surface area (Å²) in [6.45, 7) is 1.08. The summed E-state index contributed by atoms with van der Waals surface area (Å²) in [5.41, 5.74) is 1.18. The molecule has 6 nitrogen and oxygen atoms in total. The van der Waals surface area contributed by atoms with Crippen LogP contribution < -0.4 is 15.4 Å². The molecule has 19 heavy (non-hydrogen) atoms. The van der Waals surface area contributed by atoms with Crippen LogP contribution in [-0.4, -0.2) is 39.8 Å². The van der Waals surface area contributed by atoms with Gasteiger partial charge in [-0.1, -0.05) is 0 Å². The number of amides is 1. The highest BCUT2D eigenvalue weighted by atomic mass is 16.5. The lowest BCUT2D eigenvalue weighted by Gasteiger charge is -2.11. The molecule has 2 N–H and O–H groups in total. The Labute approximate surface area is 112 Å². The highest BCUT2D eigenvalue weighted by Crippen LogP contribution is 2.24. The Balaban J connectivity index is 2.53. The predicted octanol–water partition coefficient (Wildman–Crippen LogP) is 0.741. The Morgan fingerprint density at radius 3 is 2.84 bits per heavy atom. The van der Waals surface area contributed by atoms with E-state index in [1.807, 2.05) is 6.07 Å². The van der Waals surface area contributed by atoms with Gasteiger partial charge in [-0.3, -0.25) is 4.79 Å². The molecule has 0 heterocycles. The molecule has 0 atom stereocenters. The Kier molecular flexibility index (Phi) is 6.19. The SMILES string of the molecule is COCCNC(=O)CNc1ccc(C#N)cc1OC. The summed E-state index contributed by atoms with van der Waals surface area (Å²) in [6, 6.07) is 7.01. The number of hydrogen-bond acceptors (Lipinski definition) is 5. The van der Waals surface area contributed by atoms with Crippen molar-refractivity contribution in [1.29, 1.82) is 5.26 Å². The number of nitrogens with zero attached hydrogens (tertiary/aromatic N) is 1. The first-order valence-electron chi connectivity index (χ1n) is 5.79. The van der Waals surface area contributed by atoms with E-state index in [0.717, 1.165) is 0 Å². The first-order valence-corrected chi connectivity index (χ1v) is 5.79. The normalized spacial score (nSPS) is 9.53. The van der Waals surface area contributed by atoms with Gasteiger partial charge in [-0.25, -0.2) is 0 Å². The quantitative estimate of drug-likeness (QED) is 0.709. The fourth-order valence-electron chi connectivity index (χ4n) is 1.44. The largest absolute Gasteiger partial charge is 0.495 e. The first-order chi connectivity index (χ1) is 9.21. The number of anilines is 1. The van der Waals surface area contributed by atoms with Gasteiger partial charge >= 0.3 is 0 Å². The first kappa shape index (κ1) is 14.8. The monoisotopic (exact) mass is 263 g/mol. The van der Waals surface area contributed by atoms with Crippen LogP contribution in [0.1, 0.15) is 5.56 Å². The zero-order valence-electron chi connectivity index (χ0n) is 11.0. The van der Waals surface area contributed by atoms with E-state index in [1.165, 1.54) is 7.11 Å². The van der Waals surface area contributed by atoms with Crippen molar-refractivity contribution in [3.8, 4) is 11.8 Å². The van der Waals surface area contributed by atoms with Crippen molar-refractivity contribution in [2.75, 3.05) is 39.2 Å². The van der Waals surface area contributed by atoms with Crippen molar-refractivity contribution in [2.45, 2.75) is 0 Å². The Morgan fingerprint density at radius 1 is 1.42 bits per heavy atom. The fourth-order valence-corrected chi connectivity index (χ4v) is 1.44. The van der Waals surface area contributed by atoms with Crippen molar-refractivity contribution in [3.63, 3.8) is 0 Å². The molecule has 1 amide bonds. The van der Waals surface area contributed by atoms with Gasteiger partial charge in [0, 0.05) is 19.7 Å². The lowest BCUT2D eigenvalue weighted by atomic mass is 10.2. The summed E-state index contributed by atoms with van der Waals surface area (Å²) in [7, 11) is 3.09. The molecule has 0 saturated carbocycles. The third-order valence-corrected chi connectivity index (χ3v) is 2.40. The maximum absolute atomic E-state index is 11.5. The number of methoxy groups -OCH3 is 2. The van der Waals surface area contributed by atoms with Gasteiger partial charge in [-0.05, 0) is 12.1 Å². The van der Waals surface area contributed by atoms with Crippen molar-refractivity contribution >= 4 is 11.6 Å². The van der Waals surface area contributed by atoms with Crippen LogP contribution in [0.5, 0.6) is 5.75 Å². The lowest BCUT2D eigenvalue weighted by Crippen LogP contribution is -2.32. The Morgan fingerprint density at radius 2 is 2.21 bits per heavy atom. The Hall–Kier alpha value is -2.26. The van der Waals surface area contributed by atoms with E-state index in [0.29, 0.717) is 30.2 Å². The summed E-state index contributed by atoms with van der Waals surface area (Å²) in [6.07, 6.45) is 0. The van der Waals surface area contributed by atoms with Crippen molar-refractivity contribution in [2.24, 2.45) is 0 Å². The van der Waals surface area contributed by atoms with Gasteiger partial charge in [0.15, 0.2) is 0 Å². The number of ether oxygens (including phenoxy) is 2. The minimum absolute atomic E-state index is 0.131. The van der Waals surface area contributed by atoms with E-state index in [1.54, 1.807) is 25.3 Å². The Bertz CT molecular complexity index is 469. The highest BCUT2D eigenvalue weighted by Gasteiger charge is 2.06. The molecule has 6 heteroatoms. The van der Waals surface area contributed by atoms with E-state index in [2.05, 4.69) is 10.6 Å². The number of rotatable bonds is 7. The number of hydrogen-bond donors (Lipinski definition) is 2. The molecule has 0 unspecified atom stereocenters. The summed E-state index contributed by atoms with van der Waals surface area (Å²) >= 11 is 0. The second-order valence-electron chi connectivity index (χ2n) is 3.72. The van der Waals surface area contributed by atoms with Gasteiger partial charge in [-0.15, -0.1) is 0 Å². The zero-order chi connectivity index (χ0) is 14.1. The zero-order valence-corrected chi connectivity index (χ0v) is 11.0. The van der Waals surface area contributed by atoms with Crippen LogP contribution in [0.2, 0.25) is 0 Å². The average Bonchev–Trinajstić information content (AvgIpc) is 2.45. The lowest BCUT2D eigenvalue weighted by molar-refractivity contribution is -0.119. The third-order valence-electron chi connectivity index (χ3n) is 2.40. The minimum atomic E-state index is -0.136. The summed E-state index contributed by atoms with van der Waals surface area (Å²) in [5, 5.41) is 14.4. The molecule has 0 fully saturated rings. The molecule has 0 aliphatic carbocycles. The van der Waals surface area contributed by atoms with Gasteiger partial charge in [-0.2, -0.15) is 5.26 Å². The number of benzene rings is 1. The van der Waals surface area contributed by atoms with Crippen LogP contribution in [-0.2, 0) is 9.53 Å². The van der Waals surface area contributed by atoms with E-state index in [4.69, 9.17) is 14.7 Å². The van der Waals surface area contributed by atoms with Crippen LogP contribution in [0, 0.1) is 11.3 Å². The number of nitriles is 1. The second-order valence-corrected chi connectivity index (χ2v) is 3.72. The van der Waals surface area contributed by atoms with Crippen molar-refractivity contribution in [1.82, 2.24) is 5.32 Å². The minimum Gasteiger partial charge on any atom is -0.495 e. The highest BCUT2D eigenvalue weighted by molar-refractivity contribution is 5.81. The smallest absolute Gasteiger partial charge is 0.239 e. The molecule has 0 aromatic heterocycles. The van der Waals surface area contributed by atoms with Gasteiger partial charge in [0.25, 0.3) is 0 Å². The molecule has 1 rings (SSSR count). The standard InChI is InChI=1S/C13H17N3O3/c1-18-6-5-15-13(17)9-16-11-4-3-10(8-14)7-12(11)19-2/h3-4,7,16H,5-6,9H2,1-2H3,(H,15,17). The van der Waals surface area contributed by atoms with Crippen LogP contribution in [0.25, 0.3) is 0 Å². The molecule has 1 aromatic carbocycles. The third kappa shape index (κ3) is 4.85. The fraction of sp³-hybridized carbons (Fsp3) is 0.385. The molecule has 0 aliphatic heterocycles. The molecule has 0 radical (unpaired) electrons. The van der Waals surface area contributed by atoms with Gasteiger partial charge in [0.2, 0.25) is 5.91 Å².